The number of aromatic nitrogens is 2. The number of carbonyl (C=O) groups is 2. The Labute approximate surface area is 138 Å². The van der Waals surface area contributed by atoms with Crippen LogP contribution in [0.15, 0.2) is 36.5 Å². The Balaban J connectivity index is 2.19. The predicted molar refractivity (Wildman–Crippen MR) is 83.3 cm³/mol. The van der Waals surface area contributed by atoms with Gasteiger partial charge in [-0.3, -0.25) is 9.59 Å². The molecule has 0 saturated carbocycles. The summed E-state index contributed by atoms with van der Waals surface area (Å²) in [5.74, 6) is -1.38. The van der Waals surface area contributed by atoms with Crippen LogP contribution in [0, 0.1) is 5.82 Å². The van der Waals surface area contributed by atoms with Crippen molar-refractivity contribution in [3.63, 3.8) is 0 Å². The van der Waals surface area contributed by atoms with Crippen LogP contribution < -0.4 is 0 Å². The summed E-state index contributed by atoms with van der Waals surface area (Å²) in [5.41, 5.74) is 0.629. The van der Waals surface area contributed by atoms with E-state index in [1.54, 1.807) is 18.3 Å². The minimum absolute atomic E-state index is 0.138. The second kappa shape index (κ2) is 8.21. The van der Waals surface area contributed by atoms with Crippen molar-refractivity contribution in [1.29, 1.82) is 0 Å². The molecule has 7 nitrogen and oxygen atoms in total. The van der Waals surface area contributed by atoms with Gasteiger partial charge in [0.25, 0.3) is 5.91 Å². The van der Waals surface area contributed by atoms with E-state index in [-0.39, 0.29) is 25.4 Å². The number of rotatable bonds is 7. The first-order chi connectivity index (χ1) is 11.5. The number of halogens is 1. The molecule has 0 aliphatic heterocycles. The molecular weight excluding hydrogens is 317 g/mol. The fourth-order valence-electron chi connectivity index (χ4n) is 2.04. The summed E-state index contributed by atoms with van der Waals surface area (Å²) in [6.45, 7) is 0.288. The molecule has 2 rings (SSSR count). The summed E-state index contributed by atoms with van der Waals surface area (Å²) < 4.78 is 24.2. The standard InChI is InChI=1S/C16H18FN3O4/c1-23-9-8-19(11-15(21)24-2)16(22)14-6-7-20(18-14)13-5-3-4-12(17)10-13/h3-7,10H,8-9,11H2,1-2H3. The van der Waals surface area contributed by atoms with Crippen LogP contribution in [0.5, 0.6) is 0 Å². The average Bonchev–Trinajstić information content (AvgIpc) is 3.07. The van der Waals surface area contributed by atoms with Crippen LogP contribution in [0.2, 0.25) is 0 Å². The maximum absolute atomic E-state index is 13.3. The smallest absolute Gasteiger partial charge is 0.325 e. The summed E-state index contributed by atoms with van der Waals surface area (Å²) >= 11 is 0. The number of carbonyl (C=O) groups excluding carboxylic acids is 2. The van der Waals surface area contributed by atoms with Gasteiger partial charge in [-0.15, -0.1) is 0 Å². The van der Waals surface area contributed by atoms with Gasteiger partial charge in [0.2, 0.25) is 0 Å². The molecule has 0 saturated heterocycles. The van der Waals surface area contributed by atoms with Crippen molar-refractivity contribution < 1.29 is 23.5 Å². The summed E-state index contributed by atoms with van der Waals surface area (Å²) in [4.78, 5) is 25.3. The predicted octanol–water partition coefficient (Wildman–Crippen LogP) is 1.27. The van der Waals surface area contributed by atoms with E-state index in [1.165, 1.54) is 42.0 Å². The van der Waals surface area contributed by atoms with Crippen LogP contribution in [0.3, 0.4) is 0 Å². The molecule has 0 unspecified atom stereocenters. The van der Waals surface area contributed by atoms with E-state index in [4.69, 9.17) is 4.74 Å². The molecular formula is C16H18FN3O4. The van der Waals surface area contributed by atoms with Crippen molar-refractivity contribution in [1.82, 2.24) is 14.7 Å². The van der Waals surface area contributed by atoms with Gasteiger partial charge in [0.15, 0.2) is 5.69 Å². The van der Waals surface area contributed by atoms with E-state index < -0.39 is 17.7 Å². The molecule has 1 aromatic carbocycles. The Morgan fingerprint density at radius 2 is 2.08 bits per heavy atom. The Hall–Kier alpha value is -2.74. The molecule has 0 aliphatic carbocycles. The van der Waals surface area contributed by atoms with Crippen LogP contribution >= 0.6 is 0 Å². The van der Waals surface area contributed by atoms with Crippen LogP contribution in [-0.2, 0) is 14.3 Å². The third kappa shape index (κ3) is 4.39. The first-order valence-electron chi connectivity index (χ1n) is 7.21. The summed E-state index contributed by atoms with van der Waals surface area (Å²) in [6, 6.07) is 7.35. The van der Waals surface area contributed by atoms with E-state index in [0.717, 1.165) is 0 Å². The molecule has 0 N–H and O–H groups in total. The quantitative estimate of drug-likeness (QED) is 0.713. The second-order valence-electron chi connectivity index (χ2n) is 4.92. The molecule has 0 aliphatic rings. The molecule has 1 aromatic heterocycles. The van der Waals surface area contributed by atoms with Crippen LogP contribution in [0.4, 0.5) is 4.39 Å². The lowest BCUT2D eigenvalue weighted by atomic mass is 10.3. The lowest BCUT2D eigenvalue weighted by Crippen LogP contribution is -2.38. The van der Waals surface area contributed by atoms with E-state index >= 15 is 0 Å². The molecule has 2 aromatic rings. The van der Waals surface area contributed by atoms with Crippen molar-refractivity contribution in [3.05, 3.63) is 48.0 Å². The highest BCUT2D eigenvalue weighted by molar-refractivity contribution is 5.94. The fourth-order valence-corrected chi connectivity index (χ4v) is 2.04. The molecule has 0 radical (unpaired) electrons. The van der Waals surface area contributed by atoms with Crippen LogP contribution in [0.25, 0.3) is 5.69 Å². The van der Waals surface area contributed by atoms with Gasteiger partial charge in [0.05, 0.1) is 19.4 Å². The third-order valence-corrected chi connectivity index (χ3v) is 3.28. The number of nitrogens with zero attached hydrogens (tertiary/aromatic N) is 3. The largest absolute Gasteiger partial charge is 0.468 e. The number of esters is 1. The van der Waals surface area contributed by atoms with Crippen molar-refractivity contribution >= 4 is 11.9 Å². The minimum Gasteiger partial charge on any atom is -0.468 e. The van der Waals surface area contributed by atoms with Gasteiger partial charge in [-0.05, 0) is 24.3 Å². The zero-order valence-corrected chi connectivity index (χ0v) is 13.4. The van der Waals surface area contributed by atoms with Crippen LogP contribution in [0.1, 0.15) is 10.5 Å². The minimum atomic E-state index is -0.538. The van der Waals surface area contributed by atoms with Crippen molar-refractivity contribution in [3.8, 4) is 5.69 Å². The zero-order chi connectivity index (χ0) is 17.5. The maximum atomic E-state index is 13.3. The van der Waals surface area contributed by atoms with Crippen molar-refractivity contribution in [2.45, 2.75) is 0 Å². The zero-order valence-electron chi connectivity index (χ0n) is 13.4. The number of ether oxygens (including phenoxy) is 2. The Morgan fingerprint density at radius 3 is 2.75 bits per heavy atom. The molecule has 0 spiro atoms. The number of amides is 1. The molecule has 8 heteroatoms. The molecule has 0 atom stereocenters. The van der Waals surface area contributed by atoms with Gasteiger partial charge in [-0.1, -0.05) is 6.07 Å². The lowest BCUT2D eigenvalue weighted by molar-refractivity contribution is -0.141. The van der Waals surface area contributed by atoms with E-state index in [2.05, 4.69) is 9.84 Å². The SMILES string of the molecule is COCCN(CC(=O)OC)C(=O)c1ccn(-c2cccc(F)c2)n1. The maximum Gasteiger partial charge on any atom is 0.325 e. The fraction of sp³-hybridized carbons (Fsp3) is 0.312. The second-order valence-corrected chi connectivity index (χ2v) is 4.92. The van der Waals surface area contributed by atoms with E-state index in [9.17, 15) is 14.0 Å². The Morgan fingerprint density at radius 1 is 1.29 bits per heavy atom. The van der Waals surface area contributed by atoms with Gasteiger partial charge < -0.3 is 14.4 Å². The van der Waals surface area contributed by atoms with E-state index in [0.29, 0.717) is 5.69 Å². The van der Waals surface area contributed by atoms with Crippen molar-refractivity contribution in [2.75, 3.05) is 33.9 Å². The third-order valence-electron chi connectivity index (χ3n) is 3.28. The van der Waals surface area contributed by atoms with Gasteiger partial charge in [0.1, 0.15) is 12.4 Å². The van der Waals surface area contributed by atoms with Gasteiger partial charge in [-0.25, -0.2) is 9.07 Å². The highest BCUT2D eigenvalue weighted by Crippen LogP contribution is 2.11. The number of benzene rings is 1. The molecule has 128 valence electrons. The summed E-state index contributed by atoms with van der Waals surface area (Å²) in [7, 11) is 2.75. The molecule has 1 heterocycles. The Bertz CT molecular complexity index is 717. The van der Waals surface area contributed by atoms with Crippen molar-refractivity contribution in [2.24, 2.45) is 0 Å². The van der Waals surface area contributed by atoms with E-state index in [1.807, 2.05) is 0 Å². The van der Waals surface area contributed by atoms with Gasteiger partial charge in [-0.2, -0.15) is 5.10 Å². The highest BCUT2D eigenvalue weighted by atomic mass is 19.1. The monoisotopic (exact) mass is 335 g/mol. The Kier molecular flexibility index (Phi) is 6.02. The van der Waals surface area contributed by atoms with Crippen LogP contribution in [-0.4, -0.2) is 60.5 Å². The summed E-state index contributed by atoms with van der Waals surface area (Å²) in [6.07, 6.45) is 1.55. The lowest BCUT2D eigenvalue weighted by Gasteiger charge is -2.19. The normalized spacial score (nSPS) is 10.5. The number of hydrogen-bond donors (Lipinski definition) is 0. The summed E-state index contributed by atoms with van der Waals surface area (Å²) in [5, 5.41) is 4.15. The van der Waals surface area contributed by atoms with Gasteiger partial charge >= 0.3 is 5.97 Å². The molecule has 24 heavy (non-hydrogen) atoms. The molecule has 1 amide bonds. The average molecular weight is 335 g/mol. The molecule has 0 fully saturated rings. The highest BCUT2D eigenvalue weighted by Gasteiger charge is 2.21. The topological polar surface area (TPSA) is 73.7 Å². The molecule has 0 bridgehead atoms. The first-order valence-corrected chi connectivity index (χ1v) is 7.21. The first kappa shape index (κ1) is 17.6. The number of hydrogen-bond acceptors (Lipinski definition) is 5. The van der Waals surface area contributed by atoms with Gasteiger partial charge in [0, 0.05) is 19.9 Å². The number of methoxy groups -OCH3 is 2.